The van der Waals surface area contributed by atoms with E-state index in [-0.39, 0.29) is 12.5 Å². The van der Waals surface area contributed by atoms with Crippen LogP contribution in [0.4, 0.5) is 0 Å². The molecule has 0 aliphatic rings. The number of carbonyl (C=O) groups is 1. The molecule has 0 bridgehead atoms. The Hall–Kier alpha value is -3.41. The second kappa shape index (κ2) is 7.23. The van der Waals surface area contributed by atoms with Crippen LogP contribution in [0.2, 0.25) is 0 Å². The zero-order chi connectivity index (χ0) is 17.8. The van der Waals surface area contributed by atoms with Gasteiger partial charge in [0, 0.05) is 23.7 Å². The zero-order valence-electron chi connectivity index (χ0n) is 14.2. The van der Waals surface area contributed by atoms with Gasteiger partial charge in [0.15, 0.2) is 0 Å². The summed E-state index contributed by atoms with van der Waals surface area (Å²) in [5, 5.41) is 12.6. The number of amides is 1. The molecule has 130 valence electrons. The third-order valence-corrected chi connectivity index (χ3v) is 4.21. The van der Waals surface area contributed by atoms with Crippen molar-refractivity contribution in [3.8, 4) is 0 Å². The maximum Gasteiger partial charge on any atom is 0.242 e. The smallest absolute Gasteiger partial charge is 0.242 e. The first-order valence-electron chi connectivity index (χ1n) is 8.50. The summed E-state index contributed by atoms with van der Waals surface area (Å²) in [5.74, 6) is -0.0744. The molecule has 0 radical (unpaired) electrons. The highest BCUT2D eigenvalue weighted by molar-refractivity contribution is 5.81. The molecule has 0 atom stereocenters. The Morgan fingerprint density at radius 2 is 1.73 bits per heavy atom. The molecule has 0 saturated carbocycles. The number of rotatable bonds is 6. The van der Waals surface area contributed by atoms with Gasteiger partial charge in [-0.2, -0.15) is 10.2 Å². The summed E-state index contributed by atoms with van der Waals surface area (Å²) < 4.78 is 3.58. The molecule has 0 aliphatic carbocycles. The molecule has 6 heteroatoms. The first-order chi connectivity index (χ1) is 12.8. The lowest BCUT2D eigenvalue weighted by molar-refractivity contribution is -0.121. The largest absolute Gasteiger partial charge is 0.350 e. The van der Waals surface area contributed by atoms with Crippen molar-refractivity contribution >= 4 is 16.8 Å². The van der Waals surface area contributed by atoms with Crippen LogP contribution in [0.3, 0.4) is 0 Å². The van der Waals surface area contributed by atoms with Gasteiger partial charge in [0.1, 0.15) is 6.54 Å². The molecule has 2 heterocycles. The van der Waals surface area contributed by atoms with E-state index < -0.39 is 0 Å². The van der Waals surface area contributed by atoms with Crippen LogP contribution in [0.15, 0.2) is 73.2 Å². The summed E-state index contributed by atoms with van der Waals surface area (Å²) in [6.07, 6.45) is 5.51. The van der Waals surface area contributed by atoms with E-state index in [9.17, 15) is 4.79 Å². The summed E-state index contributed by atoms with van der Waals surface area (Å²) in [5.41, 5.74) is 3.12. The van der Waals surface area contributed by atoms with Crippen LogP contribution in [0.25, 0.3) is 10.9 Å². The highest BCUT2D eigenvalue weighted by Gasteiger charge is 2.08. The molecule has 2 aromatic carbocycles. The van der Waals surface area contributed by atoms with Crippen LogP contribution < -0.4 is 5.32 Å². The van der Waals surface area contributed by atoms with E-state index in [1.165, 1.54) is 5.56 Å². The number of carbonyl (C=O) groups excluding carboxylic acids is 1. The molecule has 26 heavy (non-hydrogen) atoms. The molecule has 2 aromatic heterocycles. The number of para-hydroxylation sites is 1. The molecule has 1 amide bonds. The quantitative estimate of drug-likeness (QED) is 0.584. The maximum absolute atomic E-state index is 12.2. The highest BCUT2D eigenvalue weighted by atomic mass is 16.2. The van der Waals surface area contributed by atoms with Gasteiger partial charge in [-0.05, 0) is 11.6 Å². The predicted molar refractivity (Wildman–Crippen MR) is 99.4 cm³/mol. The van der Waals surface area contributed by atoms with E-state index in [2.05, 4.69) is 27.6 Å². The van der Waals surface area contributed by atoms with Crippen LogP contribution in [0.1, 0.15) is 11.1 Å². The molecular formula is C20H19N5O. The minimum absolute atomic E-state index is 0.0744. The lowest BCUT2D eigenvalue weighted by Crippen LogP contribution is -2.27. The Balaban J connectivity index is 1.33. The van der Waals surface area contributed by atoms with Crippen LogP contribution in [0, 0.1) is 0 Å². The molecule has 0 saturated heterocycles. The van der Waals surface area contributed by atoms with Crippen LogP contribution >= 0.6 is 0 Å². The molecule has 6 nitrogen and oxygen atoms in total. The standard InChI is InChI=1S/C20H19N5O/c26-20(15-25-19-9-5-4-8-18(19)12-23-25)21-10-17-11-22-24(14-17)13-16-6-2-1-3-7-16/h1-9,11-12,14H,10,13,15H2,(H,21,26). The summed E-state index contributed by atoms with van der Waals surface area (Å²) >= 11 is 0. The average molecular weight is 345 g/mol. The monoisotopic (exact) mass is 345 g/mol. The third-order valence-electron chi connectivity index (χ3n) is 4.21. The Morgan fingerprint density at radius 1 is 0.923 bits per heavy atom. The van der Waals surface area contributed by atoms with Crippen LogP contribution in [-0.4, -0.2) is 25.5 Å². The fraction of sp³-hybridized carbons (Fsp3) is 0.150. The minimum Gasteiger partial charge on any atom is -0.350 e. The number of fused-ring (bicyclic) bond motifs is 1. The van der Waals surface area contributed by atoms with E-state index in [1.807, 2.05) is 53.3 Å². The maximum atomic E-state index is 12.2. The van der Waals surface area contributed by atoms with Gasteiger partial charge in [0.2, 0.25) is 5.91 Å². The van der Waals surface area contributed by atoms with E-state index in [0.29, 0.717) is 13.1 Å². The second-order valence-corrected chi connectivity index (χ2v) is 6.17. The Kier molecular flexibility index (Phi) is 4.47. The summed E-state index contributed by atoms with van der Waals surface area (Å²) in [7, 11) is 0. The summed E-state index contributed by atoms with van der Waals surface area (Å²) in [6.45, 7) is 1.37. The topological polar surface area (TPSA) is 64.7 Å². The SMILES string of the molecule is O=C(Cn1ncc2ccccc21)NCc1cnn(Cc2ccccc2)c1. The number of benzene rings is 2. The van der Waals surface area contributed by atoms with Crippen LogP contribution in [0.5, 0.6) is 0 Å². The number of hydrogen-bond acceptors (Lipinski definition) is 3. The van der Waals surface area contributed by atoms with Crippen molar-refractivity contribution in [2.75, 3.05) is 0 Å². The Bertz CT molecular complexity index is 1020. The normalized spacial score (nSPS) is 10.9. The second-order valence-electron chi connectivity index (χ2n) is 6.17. The number of aromatic nitrogens is 4. The molecule has 1 N–H and O–H groups in total. The van der Waals surface area contributed by atoms with Crippen molar-refractivity contribution in [2.45, 2.75) is 19.6 Å². The molecule has 4 rings (SSSR count). The van der Waals surface area contributed by atoms with Crippen molar-refractivity contribution in [1.82, 2.24) is 24.9 Å². The molecule has 0 spiro atoms. The van der Waals surface area contributed by atoms with Crippen molar-refractivity contribution < 1.29 is 4.79 Å². The van der Waals surface area contributed by atoms with Gasteiger partial charge in [0.25, 0.3) is 0 Å². The van der Waals surface area contributed by atoms with E-state index in [0.717, 1.165) is 16.5 Å². The Morgan fingerprint density at radius 3 is 2.62 bits per heavy atom. The van der Waals surface area contributed by atoms with E-state index in [1.54, 1.807) is 17.1 Å². The first-order valence-corrected chi connectivity index (χ1v) is 8.50. The number of nitrogens with zero attached hydrogens (tertiary/aromatic N) is 4. The van der Waals surface area contributed by atoms with E-state index >= 15 is 0 Å². The molecule has 0 aliphatic heterocycles. The molecular weight excluding hydrogens is 326 g/mol. The summed E-state index contributed by atoms with van der Waals surface area (Å²) in [4.78, 5) is 12.2. The molecule has 0 fully saturated rings. The van der Waals surface area contributed by atoms with Gasteiger partial charge >= 0.3 is 0 Å². The van der Waals surface area contributed by atoms with Gasteiger partial charge in [-0.15, -0.1) is 0 Å². The minimum atomic E-state index is -0.0744. The fourth-order valence-electron chi connectivity index (χ4n) is 2.90. The van der Waals surface area contributed by atoms with Crippen molar-refractivity contribution in [3.05, 3.63) is 84.3 Å². The highest BCUT2D eigenvalue weighted by Crippen LogP contribution is 2.12. The van der Waals surface area contributed by atoms with Gasteiger partial charge in [0.05, 0.1) is 24.5 Å². The Labute approximate surface area is 151 Å². The average Bonchev–Trinajstić information content (AvgIpc) is 3.28. The van der Waals surface area contributed by atoms with Crippen LogP contribution in [-0.2, 0) is 24.4 Å². The third kappa shape index (κ3) is 3.64. The lowest BCUT2D eigenvalue weighted by Gasteiger charge is -2.05. The fourth-order valence-corrected chi connectivity index (χ4v) is 2.90. The van der Waals surface area contributed by atoms with Crippen molar-refractivity contribution in [2.24, 2.45) is 0 Å². The van der Waals surface area contributed by atoms with Gasteiger partial charge in [-0.3, -0.25) is 14.2 Å². The van der Waals surface area contributed by atoms with Gasteiger partial charge in [-0.25, -0.2) is 0 Å². The van der Waals surface area contributed by atoms with Crippen molar-refractivity contribution in [1.29, 1.82) is 0 Å². The predicted octanol–water partition coefficient (Wildman–Crippen LogP) is 2.60. The molecule has 4 aromatic rings. The summed E-state index contributed by atoms with van der Waals surface area (Å²) in [6, 6.07) is 18.0. The zero-order valence-corrected chi connectivity index (χ0v) is 14.2. The van der Waals surface area contributed by atoms with Gasteiger partial charge < -0.3 is 5.32 Å². The number of hydrogen-bond donors (Lipinski definition) is 1. The first kappa shape index (κ1) is 16.1. The van der Waals surface area contributed by atoms with Gasteiger partial charge in [-0.1, -0.05) is 48.5 Å². The molecule has 0 unspecified atom stereocenters. The van der Waals surface area contributed by atoms with E-state index in [4.69, 9.17) is 0 Å². The van der Waals surface area contributed by atoms with Crippen molar-refractivity contribution in [3.63, 3.8) is 0 Å². The number of nitrogens with one attached hydrogen (secondary N) is 1. The lowest BCUT2D eigenvalue weighted by atomic mass is 10.2.